The number of hydrogen-bond acceptors (Lipinski definition) is 3. The van der Waals surface area contributed by atoms with Crippen molar-refractivity contribution in [3.8, 4) is 0 Å². The molecule has 0 spiro atoms. The number of nitrogens with one attached hydrogen (secondary N) is 2. The Balaban J connectivity index is 1.68. The fourth-order valence-corrected chi connectivity index (χ4v) is 3.46. The molecule has 3 rings (SSSR count). The van der Waals surface area contributed by atoms with E-state index in [0.29, 0.717) is 12.2 Å². The summed E-state index contributed by atoms with van der Waals surface area (Å²) < 4.78 is 11.1. The van der Waals surface area contributed by atoms with E-state index in [0.717, 1.165) is 44.0 Å². The van der Waals surface area contributed by atoms with Crippen molar-refractivity contribution in [3.63, 3.8) is 0 Å². The lowest BCUT2D eigenvalue weighted by molar-refractivity contribution is -0.909. The highest BCUT2D eigenvalue weighted by Crippen LogP contribution is 2.15. The van der Waals surface area contributed by atoms with Gasteiger partial charge in [-0.3, -0.25) is 4.79 Å². The van der Waals surface area contributed by atoms with Gasteiger partial charge in [0.15, 0.2) is 0 Å². The first kappa shape index (κ1) is 21.5. The Bertz CT molecular complexity index is 766. The van der Waals surface area contributed by atoms with E-state index in [4.69, 9.17) is 9.47 Å². The van der Waals surface area contributed by atoms with Crippen molar-refractivity contribution < 1.29 is 19.2 Å². The molecular formula is C24H33N2O3+. The van der Waals surface area contributed by atoms with E-state index < -0.39 is 0 Å². The van der Waals surface area contributed by atoms with Crippen LogP contribution >= 0.6 is 0 Å². The van der Waals surface area contributed by atoms with Crippen LogP contribution in [0.3, 0.4) is 0 Å². The van der Waals surface area contributed by atoms with Gasteiger partial charge in [-0.05, 0) is 44.0 Å². The van der Waals surface area contributed by atoms with E-state index in [1.165, 1.54) is 10.5 Å². The molecule has 29 heavy (non-hydrogen) atoms. The van der Waals surface area contributed by atoms with Crippen LogP contribution in [0.1, 0.15) is 46.9 Å². The second-order valence-electron chi connectivity index (χ2n) is 8.06. The molecule has 5 heteroatoms. The van der Waals surface area contributed by atoms with Crippen LogP contribution in [0.25, 0.3) is 0 Å². The molecular weight excluding hydrogens is 364 g/mol. The number of amides is 1. The monoisotopic (exact) mass is 397 g/mol. The quantitative estimate of drug-likeness (QED) is 0.719. The maximum absolute atomic E-state index is 12.9. The largest absolute Gasteiger partial charge is 0.374 e. The lowest BCUT2D eigenvalue weighted by Gasteiger charge is -2.28. The van der Waals surface area contributed by atoms with Crippen molar-refractivity contribution in [2.45, 2.75) is 39.5 Å². The molecule has 0 unspecified atom stereocenters. The lowest BCUT2D eigenvalue weighted by Crippen LogP contribution is -3.14. The minimum absolute atomic E-state index is 0.0276. The smallest absolute Gasteiger partial charge is 0.251 e. The molecule has 1 amide bonds. The van der Waals surface area contributed by atoms with E-state index in [1.807, 2.05) is 38.1 Å². The predicted molar refractivity (Wildman–Crippen MR) is 114 cm³/mol. The van der Waals surface area contributed by atoms with Crippen LogP contribution in [0.5, 0.6) is 0 Å². The maximum atomic E-state index is 12.9. The van der Waals surface area contributed by atoms with Crippen molar-refractivity contribution in [1.29, 1.82) is 0 Å². The molecule has 1 heterocycles. The molecule has 0 aliphatic carbocycles. The summed E-state index contributed by atoms with van der Waals surface area (Å²) in [6.45, 7) is 11.0. The third kappa shape index (κ3) is 6.67. The molecule has 2 N–H and O–H groups in total. The second-order valence-corrected chi connectivity index (χ2v) is 8.06. The van der Waals surface area contributed by atoms with Crippen LogP contribution in [-0.2, 0) is 16.1 Å². The van der Waals surface area contributed by atoms with Crippen LogP contribution in [0.15, 0.2) is 48.5 Å². The van der Waals surface area contributed by atoms with Crippen LogP contribution < -0.4 is 10.2 Å². The molecule has 1 aliphatic rings. The van der Waals surface area contributed by atoms with E-state index >= 15 is 0 Å². The van der Waals surface area contributed by atoms with Gasteiger partial charge in [-0.15, -0.1) is 0 Å². The maximum Gasteiger partial charge on any atom is 0.251 e. The number of ether oxygens (including phenoxy) is 2. The molecule has 0 saturated carbocycles. The third-order valence-corrected chi connectivity index (χ3v) is 5.28. The van der Waals surface area contributed by atoms with Gasteiger partial charge in [0.25, 0.3) is 5.91 Å². The lowest BCUT2D eigenvalue weighted by atomic mass is 10.0. The first-order chi connectivity index (χ1) is 14.0. The van der Waals surface area contributed by atoms with Gasteiger partial charge in [0.05, 0.1) is 25.9 Å². The van der Waals surface area contributed by atoms with Crippen molar-refractivity contribution in [3.05, 3.63) is 70.8 Å². The average Bonchev–Trinajstić information content (AvgIpc) is 2.73. The fraction of sp³-hybridized carbons (Fsp3) is 0.458. The summed E-state index contributed by atoms with van der Waals surface area (Å²) in [6.07, 6.45) is 0.191. The number of hydrogen-bond donors (Lipinski definition) is 2. The average molecular weight is 398 g/mol. The van der Waals surface area contributed by atoms with Crippen LogP contribution in [0, 0.1) is 6.92 Å². The summed E-state index contributed by atoms with van der Waals surface area (Å²) in [5.41, 5.74) is 4.11. The summed E-state index contributed by atoms with van der Waals surface area (Å²) in [5.74, 6) is -0.0421. The Labute approximate surface area is 174 Å². The van der Waals surface area contributed by atoms with Gasteiger partial charge in [-0.1, -0.05) is 42.0 Å². The van der Waals surface area contributed by atoms with Crippen LogP contribution in [-0.4, -0.2) is 44.9 Å². The zero-order chi connectivity index (χ0) is 20.6. The number of carbonyl (C=O) groups is 1. The highest BCUT2D eigenvalue weighted by Gasteiger charge is 2.23. The van der Waals surface area contributed by atoms with Gasteiger partial charge in [-0.25, -0.2) is 0 Å². The Morgan fingerprint density at radius 1 is 1.07 bits per heavy atom. The molecule has 2 aromatic carbocycles. The minimum atomic E-state index is -0.0421. The van der Waals surface area contributed by atoms with E-state index in [1.54, 1.807) is 0 Å². The molecule has 1 fully saturated rings. The molecule has 5 nitrogen and oxygen atoms in total. The number of quaternary nitrogens is 1. The number of rotatable bonds is 8. The van der Waals surface area contributed by atoms with Gasteiger partial charge < -0.3 is 19.7 Å². The van der Waals surface area contributed by atoms with Crippen LogP contribution in [0.2, 0.25) is 0 Å². The standard InChI is InChI=1S/C24H32N2O3/c1-18(2)29-17-20-6-10-22(11-7-20)24(27)25-23(16-26-12-14-28-15-13-26)21-8-4-19(3)5-9-21/h4-11,18,23H,12-17H2,1-3H3,(H,25,27)/p+1/t23-/m0/s1. The molecule has 0 radical (unpaired) electrons. The van der Waals surface area contributed by atoms with E-state index in [-0.39, 0.29) is 18.1 Å². The van der Waals surface area contributed by atoms with Gasteiger partial charge in [0.2, 0.25) is 0 Å². The Kier molecular flexibility index (Phi) is 7.81. The summed E-state index contributed by atoms with van der Waals surface area (Å²) in [6, 6.07) is 16.1. The first-order valence-corrected chi connectivity index (χ1v) is 10.5. The summed E-state index contributed by atoms with van der Waals surface area (Å²) >= 11 is 0. The first-order valence-electron chi connectivity index (χ1n) is 10.5. The molecule has 1 atom stereocenters. The van der Waals surface area contributed by atoms with Gasteiger partial charge in [-0.2, -0.15) is 0 Å². The van der Waals surface area contributed by atoms with Crippen molar-refractivity contribution in [2.75, 3.05) is 32.8 Å². The topological polar surface area (TPSA) is 52.0 Å². The Hall–Kier alpha value is -2.21. The normalized spacial score (nSPS) is 16.0. The van der Waals surface area contributed by atoms with Gasteiger partial charge in [0.1, 0.15) is 25.7 Å². The van der Waals surface area contributed by atoms with Crippen molar-refractivity contribution in [2.24, 2.45) is 0 Å². The van der Waals surface area contributed by atoms with E-state index in [2.05, 4.69) is 36.5 Å². The number of morpholine rings is 1. The number of benzene rings is 2. The Morgan fingerprint density at radius 2 is 1.72 bits per heavy atom. The molecule has 0 aromatic heterocycles. The molecule has 2 aromatic rings. The zero-order valence-corrected chi connectivity index (χ0v) is 17.7. The van der Waals surface area contributed by atoms with Crippen molar-refractivity contribution in [1.82, 2.24) is 5.32 Å². The second kappa shape index (κ2) is 10.5. The highest BCUT2D eigenvalue weighted by atomic mass is 16.5. The van der Waals surface area contributed by atoms with Gasteiger partial charge >= 0.3 is 0 Å². The molecule has 0 bridgehead atoms. The molecule has 1 aliphatic heterocycles. The summed E-state index contributed by atoms with van der Waals surface area (Å²) in [5, 5.41) is 3.25. The summed E-state index contributed by atoms with van der Waals surface area (Å²) in [4.78, 5) is 14.4. The predicted octanol–water partition coefficient (Wildman–Crippen LogP) is 2.31. The van der Waals surface area contributed by atoms with Crippen molar-refractivity contribution >= 4 is 5.91 Å². The SMILES string of the molecule is Cc1ccc([C@H](C[NH+]2CCOCC2)NC(=O)c2ccc(COC(C)C)cc2)cc1. The zero-order valence-electron chi connectivity index (χ0n) is 17.7. The van der Waals surface area contributed by atoms with Gasteiger partial charge in [0, 0.05) is 5.56 Å². The third-order valence-electron chi connectivity index (χ3n) is 5.28. The molecule has 1 saturated heterocycles. The van der Waals surface area contributed by atoms with Crippen LogP contribution in [0.4, 0.5) is 0 Å². The minimum Gasteiger partial charge on any atom is -0.374 e. The highest BCUT2D eigenvalue weighted by molar-refractivity contribution is 5.94. The Morgan fingerprint density at radius 3 is 2.34 bits per heavy atom. The summed E-state index contributed by atoms with van der Waals surface area (Å²) in [7, 11) is 0. The molecule has 156 valence electrons. The number of carbonyl (C=O) groups excluding carboxylic acids is 1. The van der Waals surface area contributed by atoms with E-state index in [9.17, 15) is 4.79 Å². The fourth-order valence-electron chi connectivity index (χ4n) is 3.46. The number of aryl methyl sites for hydroxylation is 1.